The minimum absolute atomic E-state index is 0.202. The second-order valence-electron chi connectivity index (χ2n) is 4.70. The van der Waals surface area contributed by atoms with Gasteiger partial charge < -0.3 is 9.67 Å². The van der Waals surface area contributed by atoms with Gasteiger partial charge in [-0.1, -0.05) is 13.8 Å². The fourth-order valence-corrected chi connectivity index (χ4v) is 1.99. The van der Waals surface area contributed by atoms with Gasteiger partial charge in [0, 0.05) is 25.8 Å². The second kappa shape index (κ2) is 5.27. The highest BCUT2D eigenvalue weighted by Gasteiger charge is 2.12. The molecule has 0 atom stereocenters. The van der Waals surface area contributed by atoms with E-state index in [9.17, 15) is 0 Å². The van der Waals surface area contributed by atoms with Crippen LogP contribution in [-0.4, -0.2) is 26.2 Å². The predicted octanol–water partition coefficient (Wildman–Crippen LogP) is 2.01. The lowest BCUT2D eigenvalue weighted by Gasteiger charge is -2.09. The van der Waals surface area contributed by atoms with E-state index in [1.807, 2.05) is 12.1 Å². The molecule has 0 aliphatic heterocycles. The van der Waals surface area contributed by atoms with Gasteiger partial charge >= 0.3 is 0 Å². The molecular weight excluding hydrogens is 214 g/mol. The van der Waals surface area contributed by atoms with Gasteiger partial charge in [0.1, 0.15) is 11.3 Å². The fourth-order valence-electron chi connectivity index (χ4n) is 1.99. The minimum atomic E-state index is 0.202. The highest BCUT2D eigenvalue weighted by Crippen LogP contribution is 2.16. The van der Waals surface area contributed by atoms with Crippen LogP contribution in [0.15, 0.2) is 18.3 Å². The maximum absolute atomic E-state index is 8.96. The molecule has 0 aliphatic rings. The molecule has 2 aromatic heterocycles. The monoisotopic (exact) mass is 233 g/mol. The van der Waals surface area contributed by atoms with Crippen molar-refractivity contribution >= 4 is 11.2 Å². The van der Waals surface area contributed by atoms with E-state index in [0.29, 0.717) is 5.92 Å². The summed E-state index contributed by atoms with van der Waals surface area (Å²) in [6.45, 7) is 5.35. The molecule has 0 spiro atoms. The average Bonchev–Trinajstić information content (AvgIpc) is 2.63. The van der Waals surface area contributed by atoms with E-state index in [4.69, 9.17) is 5.11 Å². The van der Waals surface area contributed by atoms with Gasteiger partial charge in [0.25, 0.3) is 0 Å². The molecule has 0 bridgehead atoms. The number of fused-ring (bicyclic) bond motifs is 1. The van der Waals surface area contributed by atoms with Crippen LogP contribution < -0.4 is 0 Å². The number of imidazole rings is 1. The normalized spacial score (nSPS) is 11.5. The molecule has 0 amide bonds. The summed E-state index contributed by atoms with van der Waals surface area (Å²) in [4.78, 5) is 9.01. The van der Waals surface area contributed by atoms with Crippen molar-refractivity contribution in [1.82, 2.24) is 14.5 Å². The lowest BCUT2D eigenvalue weighted by Crippen LogP contribution is -2.08. The highest BCUT2D eigenvalue weighted by molar-refractivity contribution is 5.71. The van der Waals surface area contributed by atoms with Crippen molar-refractivity contribution in [1.29, 1.82) is 0 Å². The highest BCUT2D eigenvalue weighted by atomic mass is 16.3. The number of hydrogen-bond acceptors (Lipinski definition) is 3. The molecule has 4 heteroatoms. The van der Waals surface area contributed by atoms with Crippen LogP contribution in [-0.2, 0) is 13.0 Å². The van der Waals surface area contributed by atoms with E-state index in [1.165, 1.54) is 0 Å². The Morgan fingerprint density at radius 1 is 1.41 bits per heavy atom. The van der Waals surface area contributed by atoms with Crippen LogP contribution in [0.1, 0.15) is 26.1 Å². The van der Waals surface area contributed by atoms with Gasteiger partial charge in [0.05, 0.1) is 0 Å². The van der Waals surface area contributed by atoms with Crippen LogP contribution in [0.4, 0.5) is 0 Å². The van der Waals surface area contributed by atoms with Crippen LogP contribution in [0, 0.1) is 5.92 Å². The molecule has 0 saturated carbocycles. The molecule has 92 valence electrons. The Balaban J connectivity index is 2.41. The smallest absolute Gasteiger partial charge is 0.159 e. The summed E-state index contributed by atoms with van der Waals surface area (Å²) in [5.74, 6) is 1.64. The Labute approximate surface area is 101 Å². The second-order valence-corrected chi connectivity index (χ2v) is 4.70. The number of pyridine rings is 1. The zero-order valence-corrected chi connectivity index (χ0v) is 10.4. The molecule has 1 N–H and O–H groups in total. The minimum Gasteiger partial charge on any atom is -0.396 e. The van der Waals surface area contributed by atoms with Crippen LogP contribution in [0.2, 0.25) is 0 Å². The molecule has 2 rings (SSSR count). The molecule has 0 saturated heterocycles. The lowest BCUT2D eigenvalue weighted by atomic mass is 10.1. The number of aliphatic hydroxyl groups is 1. The molecule has 4 nitrogen and oxygen atoms in total. The molecule has 2 heterocycles. The molecular formula is C13H19N3O. The van der Waals surface area contributed by atoms with Crippen LogP contribution in [0.5, 0.6) is 0 Å². The van der Waals surface area contributed by atoms with E-state index in [2.05, 4.69) is 28.4 Å². The van der Waals surface area contributed by atoms with Crippen molar-refractivity contribution in [2.24, 2.45) is 5.92 Å². The third kappa shape index (κ3) is 2.64. The van der Waals surface area contributed by atoms with E-state index in [1.54, 1.807) is 6.20 Å². The van der Waals surface area contributed by atoms with E-state index in [0.717, 1.165) is 36.4 Å². The first-order valence-corrected chi connectivity index (χ1v) is 6.13. The predicted molar refractivity (Wildman–Crippen MR) is 67.8 cm³/mol. The summed E-state index contributed by atoms with van der Waals surface area (Å²) in [5, 5.41) is 8.96. The maximum atomic E-state index is 8.96. The Morgan fingerprint density at radius 3 is 2.94 bits per heavy atom. The molecule has 17 heavy (non-hydrogen) atoms. The number of rotatable bonds is 5. The zero-order chi connectivity index (χ0) is 12.3. The Bertz CT molecular complexity index is 490. The van der Waals surface area contributed by atoms with Gasteiger partial charge in [-0.05, 0) is 24.5 Å². The third-order valence-corrected chi connectivity index (χ3v) is 2.71. The van der Waals surface area contributed by atoms with Crippen molar-refractivity contribution in [3.05, 3.63) is 24.2 Å². The summed E-state index contributed by atoms with van der Waals surface area (Å²) in [7, 11) is 0. The fraction of sp³-hybridized carbons (Fsp3) is 0.538. The van der Waals surface area contributed by atoms with Gasteiger partial charge in [-0.3, -0.25) is 0 Å². The Kier molecular flexibility index (Phi) is 3.74. The largest absolute Gasteiger partial charge is 0.396 e. The molecule has 0 radical (unpaired) electrons. The quantitative estimate of drug-likeness (QED) is 0.859. The van der Waals surface area contributed by atoms with Crippen molar-refractivity contribution in [2.45, 2.75) is 33.2 Å². The summed E-state index contributed by atoms with van der Waals surface area (Å²) in [6, 6.07) is 3.90. The van der Waals surface area contributed by atoms with Crippen molar-refractivity contribution < 1.29 is 5.11 Å². The first-order chi connectivity index (χ1) is 8.22. The standard InChI is InChI=1S/C13H19N3O/c1-10(2)9-12-15-11-5-3-6-14-13(11)16(12)7-4-8-17/h3,5-6,10,17H,4,7-9H2,1-2H3. The molecule has 0 aliphatic carbocycles. The lowest BCUT2D eigenvalue weighted by molar-refractivity contribution is 0.279. The van der Waals surface area contributed by atoms with E-state index >= 15 is 0 Å². The summed E-state index contributed by atoms with van der Waals surface area (Å²) in [6.07, 6.45) is 3.48. The SMILES string of the molecule is CC(C)Cc1nc2cccnc2n1CCCO. The molecule has 0 unspecified atom stereocenters. The van der Waals surface area contributed by atoms with Gasteiger partial charge in [0.2, 0.25) is 0 Å². The van der Waals surface area contributed by atoms with Crippen LogP contribution in [0.3, 0.4) is 0 Å². The molecule has 2 aromatic rings. The summed E-state index contributed by atoms with van der Waals surface area (Å²) in [5.41, 5.74) is 1.87. The Morgan fingerprint density at radius 2 is 2.24 bits per heavy atom. The van der Waals surface area contributed by atoms with E-state index < -0.39 is 0 Å². The first kappa shape index (κ1) is 12.0. The zero-order valence-electron chi connectivity index (χ0n) is 10.4. The van der Waals surface area contributed by atoms with Crippen molar-refractivity contribution in [3.63, 3.8) is 0 Å². The maximum Gasteiger partial charge on any atom is 0.159 e. The first-order valence-electron chi connectivity index (χ1n) is 6.13. The number of nitrogens with zero attached hydrogens (tertiary/aromatic N) is 3. The third-order valence-electron chi connectivity index (χ3n) is 2.71. The van der Waals surface area contributed by atoms with Crippen LogP contribution >= 0.6 is 0 Å². The summed E-state index contributed by atoms with van der Waals surface area (Å²) >= 11 is 0. The topological polar surface area (TPSA) is 50.9 Å². The molecule has 0 fully saturated rings. The van der Waals surface area contributed by atoms with Gasteiger partial charge in [-0.25, -0.2) is 9.97 Å². The van der Waals surface area contributed by atoms with E-state index in [-0.39, 0.29) is 6.61 Å². The number of aryl methyl sites for hydroxylation is 1. The van der Waals surface area contributed by atoms with Crippen molar-refractivity contribution in [2.75, 3.05) is 6.61 Å². The van der Waals surface area contributed by atoms with Gasteiger partial charge in [-0.15, -0.1) is 0 Å². The Hall–Kier alpha value is -1.42. The number of aromatic nitrogens is 3. The van der Waals surface area contributed by atoms with Gasteiger partial charge in [0.15, 0.2) is 5.65 Å². The number of hydrogen-bond donors (Lipinski definition) is 1. The van der Waals surface area contributed by atoms with Crippen molar-refractivity contribution in [3.8, 4) is 0 Å². The molecule has 0 aromatic carbocycles. The number of aliphatic hydroxyl groups excluding tert-OH is 1. The van der Waals surface area contributed by atoms with Crippen LogP contribution in [0.25, 0.3) is 11.2 Å². The average molecular weight is 233 g/mol. The van der Waals surface area contributed by atoms with Gasteiger partial charge in [-0.2, -0.15) is 0 Å². The summed E-state index contributed by atoms with van der Waals surface area (Å²) < 4.78 is 2.13.